The molecule has 1 N–H and O–H groups in total. The summed E-state index contributed by atoms with van der Waals surface area (Å²) in [7, 11) is 3.37. The molecule has 0 radical (unpaired) electrons. The van der Waals surface area contributed by atoms with Crippen LogP contribution in [0.15, 0.2) is 42.7 Å². The van der Waals surface area contributed by atoms with Gasteiger partial charge in [0.25, 0.3) is 0 Å². The molecule has 0 saturated carbocycles. The molecule has 1 atom stereocenters. The van der Waals surface area contributed by atoms with Crippen molar-refractivity contribution in [2.24, 2.45) is 0 Å². The van der Waals surface area contributed by atoms with Crippen molar-refractivity contribution in [2.45, 2.75) is 19.4 Å². The molecule has 0 amide bonds. The zero-order valence-electron chi connectivity index (χ0n) is 12.8. The van der Waals surface area contributed by atoms with E-state index in [-0.39, 0.29) is 6.04 Å². The van der Waals surface area contributed by atoms with Crippen LogP contribution in [0, 0.1) is 0 Å². The number of aromatic nitrogens is 1. The lowest BCUT2D eigenvalue weighted by Crippen LogP contribution is -2.24. The van der Waals surface area contributed by atoms with Crippen LogP contribution < -0.4 is 14.8 Å². The Labute approximate surface area is 126 Å². The topological polar surface area (TPSA) is 43.4 Å². The summed E-state index contributed by atoms with van der Waals surface area (Å²) >= 11 is 0. The molecule has 0 aliphatic heterocycles. The zero-order chi connectivity index (χ0) is 15.1. The average molecular weight is 286 g/mol. The molecule has 0 spiro atoms. The molecule has 0 fully saturated rings. The monoisotopic (exact) mass is 286 g/mol. The standard InChI is InChI=1S/C17H22N2O2/c1-4-19-14(11-13-7-6-10-18-12-13)17-15(20-2)8-5-9-16(17)21-3/h5-10,12,14,19H,4,11H2,1-3H3. The van der Waals surface area contributed by atoms with E-state index in [1.807, 2.05) is 30.5 Å². The fraction of sp³-hybridized carbons (Fsp3) is 0.353. The third kappa shape index (κ3) is 3.73. The normalized spacial score (nSPS) is 12.0. The molecule has 4 heteroatoms. The third-order valence-corrected chi connectivity index (χ3v) is 3.43. The largest absolute Gasteiger partial charge is 0.496 e. The Morgan fingerprint density at radius 1 is 1.10 bits per heavy atom. The Hall–Kier alpha value is -2.07. The Morgan fingerprint density at radius 3 is 2.33 bits per heavy atom. The Kier molecular flexibility index (Phi) is 5.58. The highest BCUT2D eigenvalue weighted by molar-refractivity contribution is 5.47. The number of nitrogens with one attached hydrogen (secondary N) is 1. The summed E-state index contributed by atoms with van der Waals surface area (Å²) in [5.74, 6) is 1.67. The van der Waals surface area contributed by atoms with E-state index in [0.29, 0.717) is 0 Å². The van der Waals surface area contributed by atoms with E-state index in [1.165, 1.54) is 5.56 Å². The highest BCUT2D eigenvalue weighted by atomic mass is 16.5. The second-order valence-electron chi connectivity index (χ2n) is 4.75. The highest BCUT2D eigenvalue weighted by Crippen LogP contribution is 2.35. The van der Waals surface area contributed by atoms with Crippen LogP contribution in [0.1, 0.15) is 24.1 Å². The maximum Gasteiger partial charge on any atom is 0.127 e. The van der Waals surface area contributed by atoms with Crippen molar-refractivity contribution in [2.75, 3.05) is 20.8 Å². The van der Waals surface area contributed by atoms with Gasteiger partial charge < -0.3 is 14.8 Å². The molecule has 4 nitrogen and oxygen atoms in total. The van der Waals surface area contributed by atoms with Gasteiger partial charge in [-0.2, -0.15) is 0 Å². The van der Waals surface area contributed by atoms with Crippen molar-refractivity contribution in [1.82, 2.24) is 10.3 Å². The lowest BCUT2D eigenvalue weighted by Gasteiger charge is -2.23. The Bertz CT molecular complexity index is 536. The molecule has 2 rings (SSSR count). The number of ether oxygens (including phenoxy) is 2. The van der Waals surface area contributed by atoms with Gasteiger partial charge in [-0.05, 0) is 36.7 Å². The summed E-state index contributed by atoms with van der Waals surface area (Å²) in [4.78, 5) is 4.19. The fourth-order valence-corrected chi connectivity index (χ4v) is 2.50. The minimum Gasteiger partial charge on any atom is -0.496 e. The molecule has 112 valence electrons. The predicted molar refractivity (Wildman–Crippen MR) is 83.9 cm³/mol. The maximum absolute atomic E-state index is 5.52. The van der Waals surface area contributed by atoms with E-state index in [4.69, 9.17) is 9.47 Å². The van der Waals surface area contributed by atoms with Crippen LogP contribution in [0.3, 0.4) is 0 Å². The van der Waals surface area contributed by atoms with Crippen molar-refractivity contribution in [3.05, 3.63) is 53.9 Å². The number of nitrogens with zero attached hydrogens (tertiary/aromatic N) is 1. The van der Waals surface area contributed by atoms with Gasteiger partial charge >= 0.3 is 0 Å². The smallest absolute Gasteiger partial charge is 0.127 e. The number of pyridine rings is 1. The van der Waals surface area contributed by atoms with Gasteiger partial charge in [0, 0.05) is 18.4 Å². The fourth-order valence-electron chi connectivity index (χ4n) is 2.50. The van der Waals surface area contributed by atoms with Gasteiger partial charge in [0.2, 0.25) is 0 Å². The third-order valence-electron chi connectivity index (χ3n) is 3.43. The predicted octanol–water partition coefficient (Wildman–Crippen LogP) is 2.99. The maximum atomic E-state index is 5.52. The number of likely N-dealkylation sites (N-methyl/N-ethyl adjacent to an activating group) is 1. The molecule has 0 bridgehead atoms. The van der Waals surface area contributed by atoms with Gasteiger partial charge in [-0.3, -0.25) is 4.98 Å². The van der Waals surface area contributed by atoms with E-state index in [2.05, 4.69) is 23.3 Å². The lowest BCUT2D eigenvalue weighted by atomic mass is 9.97. The first-order valence-electron chi connectivity index (χ1n) is 7.13. The summed E-state index contributed by atoms with van der Waals surface area (Å²) in [5.41, 5.74) is 2.23. The molecular formula is C17H22N2O2. The van der Waals surface area contributed by atoms with E-state index in [0.717, 1.165) is 30.0 Å². The zero-order valence-corrected chi connectivity index (χ0v) is 12.8. The first-order chi connectivity index (χ1) is 10.3. The second kappa shape index (κ2) is 7.64. The van der Waals surface area contributed by atoms with Crippen LogP contribution in [-0.2, 0) is 6.42 Å². The van der Waals surface area contributed by atoms with Gasteiger partial charge in [-0.25, -0.2) is 0 Å². The molecule has 21 heavy (non-hydrogen) atoms. The van der Waals surface area contributed by atoms with Crippen molar-refractivity contribution in [1.29, 1.82) is 0 Å². The van der Waals surface area contributed by atoms with Crippen LogP contribution in [0.2, 0.25) is 0 Å². The van der Waals surface area contributed by atoms with Gasteiger partial charge in [0.1, 0.15) is 11.5 Å². The molecule has 0 saturated heterocycles. The first-order valence-corrected chi connectivity index (χ1v) is 7.13. The van der Waals surface area contributed by atoms with Gasteiger partial charge in [-0.15, -0.1) is 0 Å². The summed E-state index contributed by atoms with van der Waals surface area (Å²) in [6, 6.07) is 10.0. The molecule has 0 aliphatic rings. The summed E-state index contributed by atoms with van der Waals surface area (Å²) in [5, 5.41) is 3.51. The van der Waals surface area contributed by atoms with Crippen molar-refractivity contribution in [3.63, 3.8) is 0 Å². The van der Waals surface area contributed by atoms with Crippen LogP contribution in [0.25, 0.3) is 0 Å². The summed E-state index contributed by atoms with van der Waals surface area (Å²) in [6.07, 6.45) is 4.51. The van der Waals surface area contributed by atoms with Crippen molar-refractivity contribution in [3.8, 4) is 11.5 Å². The number of rotatable bonds is 7. The van der Waals surface area contributed by atoms with Crippen LogP contribution in [0.5, 0.6) is 11.5 Å². The van der Waals surface area contributed by atoms with Gasteiger partial charge in [-0.1, -0.05) is 19.1 Å². The molecular weight excluding hydrogens is 264 g/mol. The molecule has 0 aliphatic carbocycles. The van der Waals surface area contributed by atoms with E-state index in [1.54, 1.807) is 20.4 Å². The summed E-state index contributed by atoms with van der Waals surface area (Å²) < 4.78 is 11.0. The number of hydrogen-bond acceptors (Lipinski definition) is 4. The number of benzene rings is 1. The summed E-state index contributed by atoms with van der Waals surface area (Å²) in [6.45, 7) is 2.96. The molecule has 1 aromatic heterocycles. The van der Waals surface area contributed by atoms with Crippen molar-refractivity contribution >= 4 is 0 Å². The molecule has 1 aromatic carbocycles. The number of hydrogen-bond donors (Lipinski definition) is 1. The quantitative estimate of drug-likeness (QED) is 0.849. The van der Waals surface area contributed by atoms with Gasteiger partial charge in [0.15, 0.2) is 0 Å². The Morgan fingerprint density at radius 2 is 1.81 bits per heavy atom. The lowest BCUT2D eigenvalue weighted by molar-refractivity contribution is 0.370. The van der Waals surface area contributed by atoms with Crippen LogP contribution in [-0.4, -0.2) is 25.7 Å². The average Bonchev–Trinajstić information content (AvgIpc) is 2.54. The SMILES string of the molecule is CCNC(Cc1cccnc1)c1c(OC)cccc1OC. The van der Waals surface area contributed by atoms with E-state index in [9.17, 15) is 0 Å². The number of methoxy groups -OCH3 is 2. The molecule has 1 heterocycles. The second-order valence-corrected chi connectivity index (χ2v) is 4.75. The minimum absolute atomic E-state index is 0.116. The molecule has 1 unspecified atom stereocenters. The van der Waals surface area contributed by atoms with Crippen LogP contribution in [0.4, 0.5) is 0 Å². The van der Waals surface area contributed by atoms with E-state index >= 15 is 0 Å². The van der Waals surface area contributed by atoms with E-state index < -0.39 is 0 Å². The van der Waals surface area contributed by atoms with Crippen molar-refractivity contribution < 1.29 is 9.47 Å². The van der Waals surface area contributed by atoms with Crippen LogP contribution >= 0.6 is 0 Å². The highest BCUT2D eigenvalue weighted by Gasteiger charge is 2.20. The minimum atomic E-state index is 0.116. The molecule has 2 aromatic rings. The van der Waals surface area contributed by atoms with Gasteiger partial charge in [0.05, 0.1) is 19.8 Å². The Balaban J connectivity index is 2.37. The first kappa shape index (κ1) is 15.3.